The lowest BCUT2D eigenvalue weighted by molar-refractivity contribution is 0.0164. The SMILES string of the molecule is CCCC1CN(CC2(CO)CCCC2)C1. The molecule has 1 saturated heterocycles. The minimum absolute atomic E-state index is 0.275. The standard InChI is InChI=1S/C13H25NO/c1-2-5-12-8-14(9-12)10-13(11-15)6-3-4-7-13/h12,15H,2-11H2,1H3. The molecule has 0 unspecified atom stereocenters. The number of rotatable bonds is 5. The second kappa shape index (κ2) is 4.84. The van der Waals surface area contributed by atoms with Crippen molar-refractivity contribution >= 4 is 0 Å². The molecule has 0 atom stereocenters. The molecule has 0 radical (unpaired) electrons. The lowest BCUT2D eigenvalue weighted by Crippen LogP contribution is -2.51. The highest BCUT2D eigenvalue weighted by molar-refractivity contribution is 4.91. The fourth-order valence-electron chi connectivity index (χ4n) is 3.36. The number of aliphatic hydroxyl groups excluding tert-OH is 1. The number of hydrogen-bond donors (Lipinski definition) is 1. The topological polar surface area (TPSA) is 23.5 Å². The average molecular weight is 211 g/mol. The summed E-state index contributed by atoms with van der Waals surface area (Å²) in [6, 6.07) is 0. The zero-order chi connectivity index (χ0) is 10.7. The quantitative estimate of drug-likeness (QED) is 0.754. The van der Waals surface area contributed by atoms with Gasteiger partial charge in [-0.3, -0.25) is 0 Å². The summed E-state index contributed by atoms with van der Waals surface area (Å²) in [5.41, 5.74) is 0.275. The summed E-state index contributed by atoms with van der Waals surface area (Å²) in [5, 5.41) is 9.53. The Labute approximate surface area is 93.7 Å². The maximum atomic E-state index is 9.53. The molecular weight excluding hydrogens is 186 g/mol. The van der Waals surface area contributed by atoms with Crippen LogP contribution in [-0.4, -0.2) is 36.2 Å². The molecule has 15 heavy (non-hydrogen) atoms. The van der Waals surface area contributed by atoms with Crippen LogP contribution in [0.25, 0.3) is 0 Å². The van der Waals surface area contributed by atoms with E-state index in [1.54, 1.807) is 0 Å². The van der Waals surface area contributed by atoms with E-state index in [1.165, 1.54) is 51.6 Å². The van der Waals surface area contributed by atoms with Crippen molar-refractivity contribution in [1.82, 2.24) is 4.90 Å². The molecule has 2 heteroatoms. The molecule has 0 aromatic heterocycles. The number of hydrogen-bond acceptors (Lipinski definition) is 2. The molecule has 88 valence electrons. The number of nitrogens with zero attached hydrogens (tertiary/aromatic N) is 1. The van der Waals surface area contributed by atoms with Crippen molar-refractivity contribution < 1.29 is 5.11 Å². The highest BCUT2D eigenvalue weighted by atomic mass is 16.3. The Hall–Kier alpha value is -0.0800. The van der Waals surface area contributed by atoms with Gasteiger partial charge >= 0.3 is 0 Å². The summed E-state index contributed by atoms with van der Waals surface area (Å²) >= 11 is 0. The van der Waals surface area contributed by atoms with Gasteiger partial charge in [0, 0.05) is 31.7 Å². The highest BCUT2D eigenvalue weighted by Gasteiger charge is 2.38. The van der Waals surface area contributed by atoms with Crippen LogP contribution in [0.2, 0.25) is 0 Å². The van der Waals surface area contributed by atoms with Gasteiger partial charge in [0.2, 0.25) is 0 Å². The van der Waals surface area contributed by atoms with Gasteiger partial charge in [-0.1, -0.05) is 26.2 Å². The van der Waals surface area contributed by atoms with Gasteiger partial charge in [-0.15, -0.1) is 0 Å². The molecule has 1 aliphatic carbocycles. The third-order valence-electron chi connectivity index (χ3n) is 4.29. The van der Waals surface area contributed by atoms with E-state index in [0.29, 0.717) is 6.61 Å². The summed E-state index contributed by atoms with van der Waals surface area (Å²) in [6.07, 6.45) is 7.86. The molecule has 0 aromatic carbocycles. The van der Waals surface area contributed by atoms with Crippen LogP contribution in [0.3, 0.4) is 0 Å². The zero-order valence-corrected chi connectivity index (χ0v) is 10.0. The first-order chi connectivity index (χ1) is 7.28. The van der Waals surface area contributed by atoms with Crippen molar-refractivity contribution in [3.63, 3.8) is 0 Å². The summed E-state index contributed by atoms with van der Waals surface area (Å²) in [4.78, 5) is 2.56. The predicted molar refractivity (Wildman–Crippen MR) is 62.8 cm³/mol. The largest absolute Gasteiger partial charge is 0.396 e. The maximum Gasteiger partial charge on any atom is 0.0499 e. The van der Waals surface area contributed by atoms with Crippen LogP contribution in [0.5, 0.6) is 0 Å². The van der Waals surface area contributed by atoms with Crippen molar-refractivity contribution in [2.75, 3.05) is 26.2 Å². The number of aliphatic hydroxyl groups is 1. The minimum atomic E-state index is 0.275. The van der Waals surface area contributed by atoms with E-state index in [2.05, 4.69) is 11.8 Å². The van der Waals surface area contributed by atoms with Crippen LogP contribution >= 0.6 is 0 Å². The van der Waals surface area contributed by atoms with Gasteiger partial charge in [0.1, 0.15) is 0 Å². The number of likely N-dealkylation sites (tertiary alicyclic amines) is 1. The molecule has 2 rings (SSSR count). The molecule has 0 amide bonds. The molecule has 0 bridgehead atoms. The van der Waals surface area contributed by atoms with Crippen LogP contribution in [0.4, 0.5) is 0 Å². The Morgan fingerprint density at radius 2 is 1.93 bits per heavy atom. The van der Waals surface area contributed by atoms with E-state index in [0.717, 1.165) is 12.5 Å². The minimum Gasteiger partial charge on any atom is -0.396 e. The molecular formula is C13H25NO. The average Bonchev–Trinajstić information content (AvgIpc) is 2.64. The van der Waals surface area contributed by atoms with Crippen LogP contribution in [0, 0.1) is 11.3 Å². The molecule has 0 spiro atoms. The molecule has 2 aliphatic rings. The first-order valence-corrected chi connectivity index (χ1v) is 6.61. The molecule has 2 fully saturated rings. The fourth-order valence-corrected chi connectivity index (χ4v) is 3.36. The maximum absolute atomic E-state index is 9.53. The second-order valence-electron chi connectivity index (χ2n) is 5.71. The third-order valence-corrected chi connectivity index (χ3v) is 4.29. The van der Waals surface area contributed by atoms with Gasteiger partial charge in [0.05, 0.1) is 0 Å². The first-order valence-electron chi connectivity index (χ1n) is 6.61. The van der Waals surface area contributed by atoms with Gasteiger partial charge < -0.3 is 10.0 Å². The third kappa shape index (κ3) is 2.54. The van der Waals surface area contributed by atoms with Crippen LogP contribution in [0.1, 0.15) is 45.4 Å². The summed E-state index contributed by atoms with van der Waals surface area (Å²) < 4.78 is 0. The zero-order valence-electron chi connectivity index (χ0n) is 10.0. The van der Waals surface area contributed by atoms with Crippen molar-refractivity contribution in [2.45, 2.75) is 45.4 Å². The first kappa shape index (κ1) is 11.4. The van der Waals surface area contributed by atoms with Gasteiger partial charge in [0.25, 0.3) is 0 Å². The summed E-state index contributed by atoms with van der Waals surface area (Å²) in [5.74, 6) is 0.951. The van der Waals surface area contributed by atoms with E-state index in [4.69, 9.17) is 0 Å². The Morgan fingerprint density at radius 1 is 1.27 bits per heavy atom. The van der Waals surface area contributed by atoms with Gasteiger partial charge in [-0.2, -0.15) is 0 Å². The van der Waals surface area contributed by atoms with E-state index >= 15 is 0 Å². The Bertz CT molecular complexity index is 193. The normalized spacial score (nSPS) is 26.8. The predicted octanol–water partition coefficient (Wildman–Crippen LogP) is 2.27. The second-order valence-corrected chi connectivity index (χ2v) is 5.71. The molecule has 1 aliphatic heterocycles. The van der Waals surface area contributed by atoms with E-state index in [-0.39, 0.29) is 5.41 Å². The lowest BCUT2D eigenvalue weighted by Gasteiger charge is -2.44. The van der Waals surface area contributed by atoms with Crippen LogP contribution < -0.4 is 0 Å². The smallest absolute Gasteiger partial charge is 0.0499 e. The van der Waals surface area contributed by atoms with Gasteiger partial charge in [-0.25, -0.2) is 0 Å². The van der Waals surface area contributed by atoms with Gasteiger partial charge in [-0.05, 0) is 25.2 Å². The summed E-state index contributed by atoms with van der Waals surface area (Å²) in [6.45, 7) is 6.41. The van der Waals surface area contributed by atoms with Gasteiger partial charge in [0.15, 0.2) is 0 Å². The van der Waals surface area contributed by atoms with E-state index in [1.807, 2.05) is 0 Å². The van der Waals surface area contributed by atoms with Crippen LogP contribution in [0.15, 0.2) is 0 Å². The Balaban J connectivity index is 1.73. The summed E-state index contributed by atoms with van der Waals surface area (Å²) in [7, 11) is 0. The molecule has 1 heterocycles. The highest BCUT2D eigenvalue weighted by Crippen LogP contribution is 2.39. The lowest BCUT2D eigenvalue weighted by atomic mass is 9.84. The van der Waals surface area contributed by atoms with Crippen LogP contribution in [-0.2, 0) is 0 Å². The van der Waals surface area contributed by atoms with E-state index in [9.17, 15) is 5.11 Å². The fraction of sp³-hybridized carbons (Fsp3) is 1.00. The molecule has 1 saturated carbocycles. The van der Waals surface area contributed by atoms with Crippen molar-refractivity contribution in [2.24, 2.45) is 11.3 Å². The monoisotopic (exact) mass is 211 g/mol. The van der Waals surface area contributed by atoms with Crippen molar-refractivity contribution in [3.05, 3.63) is 0 Å². The molecule has 0 aromatic rings. The van der Waals surface area contributed by atoms with Crippen molar-refractivity contribution in [1.29, 1.82) is 0 Å². The molecule has 2 nitrogen and oxygen atoms in total. The molecule has 1 N–H and O–H groups in total. The Kier molecular flexibility index (Phi) is 3.68. The van der Waals surface area contributed by atoms with Crippen molar-refractivity contribution in [3.8, 4) is 0 Å². The van der Waals surface area contributed by atoms with E-state index < -0.39 is 0 Å². The Morgan fingerprint density at radius 3 is 2.47 bits per heavy atom.